The fraction of sp³-hybridized carbons (Fsp3) is 0.125. The van der Waals surface area contributed by atoms with Crippen molar-refractivity contribution in [3.8, 4) is 0 Å². The number of aromatic amines is 1. The van der Waals surface area contributed by atoms with E-state index < -0.39 is 15.5 Å². The molecular weight excluding hydrogens is 264 g/mol. The van der Waals surface area contributed by atoms with Gasteiger partial charge in [-0.25, -0.2) is 8.42 Å². The molecule has 0 amide bonds. The molecule has 9 heteroatoms. The summed E-state index contributed by atoms with van der Waals surface area (Å²) in [4.78, 5) is 13.6. The van der Waals surface area contributed by atoms with Crippen LogP contribution in [0.3, 0.4) is 0 Å². The van der Waals surface area contributed by atoms with E-state index in [1.807, 2.05) is 0 Å². The molecule has 2 rings (SSSR count). The Morgan fingerprint density at radius 1 is 1.41 bits per heavy atom. The maximum Gasteiger partial charge on any atom is 0.269 e. The molecule has 0 unspecified atom stereocenters. The van der Waals surface area contributed by atoms with Gasteiger partial charge in [-0.1, -0.05) is 11.3 Å². The van der Waals surface area contributed by atoms with Crippen LogP contribution < -0.4 is 10.2 Å². The molecule has 0 fully saturated rings. The lowest BCUT2D eigenvalue weighted by Crippen LogP contribution is -2.20. The summed E-state index contributed by atoms with van der Waals surface area (Å²) >= 11 is 1.09. The molecule has 0 aliphatic rings. The van der Waals surface area contributed by atoms with E-state index in [0.717, 1.165) is 23.6 Å². The van der Waals surface area contributed by atoms with Crippen molar-refractivity contribution in [2.45, 2.75) is 11.8 Å². The summed E-state index contributed by atoms with van der Waals surface area (Å²) in [7, 11) is -3.92. The standard InChI is InChI=1S/C8H8N4O3S2/c1-5-10-11-8(16-5)12-17(14,15)7-4-9-3-2-6(7)13/h2-4H,1H3,(H,9,13)(H,11,12). The van der Waals surface area contributed by atoms with Gasteiger partial charge in [-0.05, 0) is 6.92 Å². The second-order valence-corrected chi connectivity index (χ2v) is 5.94. The number of nitrogens with one attached hydrogen (secondary N) is 2. The van der Waals surface area contributed by atoms with Gasteiger partial charge >= 0.3 is 0 Å². The Hall–Kier alpha value is -1.74. The first-order valence-electron chi connectivity index (χ1n) is 4.49. The molecule has 2 N–H and O–H groups in total. The summed E-state index contributed by atoms with van der Waals surface area (Å²) in [6.45, 7) is 1.70. The van der Waals surface area contributed by atoms with Crippen LogP contribution in [0, 0.1) is 6.92 Å². The Morgan fingerprint density at radius 3 is 2.76 bits per heavy atom. The van der Waals surface area contributed by atoms with E-state index in [1.54, 1.807) is 6.92 Å². The SMILES string of the molecule is Cc1nnc(NS(=O)(=O)c2c[nH]ccc2=O)s1. The van der Waals surface area contributed by atoms with E-state index in [4.69, 9.17) is 0 Å². The van der Waals surface area contributed by atoms with Crippen molar-refractivity contribution in [1.82, 2.24) is 15.2 Å². The zero-order chi connectivity index (χ0) is 12.5. The van der Waals surface area contributed by atoms with Gasteiger partial charge in [0.1, 0.15) is 5.01 Å². The first-order valence-corrected chi connectivity index (χ1v) is 6.79. The molecule has 2 aromatic heterocycles. The Bertz CT molecular complexity index is 689. The van der Waals surface area contributed by atoms with Gasteiger partial charge in [0.2, 0.25) is 10.6 Å². The number of anilines is 1. The monoisotopic (exact) mass is 272 g/mol. The Morgan fingerprint density at radius 2 is 2.18 bits per heavy atom. The summed E-state index contributed by atoms with van der Waals surface area (Å²) in [5.74, 6) is 0. The maximum absolute atomic E-state index is 11.8. The molecule has 0 aliphatic heterocycles. The van der Waals surface area contributed by atoms with Crippen LogP contribution in [-0.4, -0.2) is 23.6 Å². The third-order valence-electron chi connectivity index (χ3n) is 1.83. The number of nitrogens with zero attached hydrogens (tertiary/aromatic N) is 2. The van der Waals surface area contributed by atoms with Gasteiger partial charge in [-0.3, -0.25) is 9.52 Å². The number of hydrogen-bond donors (Lipinski definition) is 2. The predicted molar refractivity (Wildman–Crippen MR) is 62.5 cm³/mol. The molecule has 90 valence electrons. The number of sulfonamides is 1. The van der Waals surface area contributed by atoms with Crippen molar-refractivity contribution in [1.29, 1.82) is 0 Å². The summed E-state index contributed by atoms with van der Waals surface area (Å²) in [5, 5.41) is 8.05. The summed E-state index contributed by atoms with van der Waals surface area (Å²) in [6.07, 6.45) is 2.48. The third-order valence-corrected chi connectivity index (χ3v) is 4.07. The minimum absolute atomic E-state index is 0.130. The Kier molecular flexibility index (Phi) is 2.94. The molecule has 0 aromatic carbocycles. The molecular formula is C8H8N4O3S2. The van der Waals surface area contributed by atoms with Crippen LogP contribution in [0.2, 0.25) is 0 Å². The maximum atomic E-state index is 11.8. The van der Waals surface area contributed by atoms with Crippen molar-refractivity contribution in [2.75, 3.05) is 4.72 Å². The molecule has 7 nitrogen and oxygen atoms in total. The van der Waals surface area contributed by atoms with Gasteiger partial charge in [0.25, 0.3) is 10.0 Å². The number of aromatic nitrogens is 3. The highest BCUT2D eigenvalue weighted by atomic mass is 32.2. The lowest BCUT2D eigenvalue weighted by molar-refractivity contribution is 0.600. The fourth-order valence-corrected chi connectivity index (χ4v) is 2.99. The molecule has 2 heterocycles. The van der Waals surface area contributed by atoms with Crippen LogP contribution in [0.4, 0.5) is 5.13 Å². The van der Waals surface area contributed by atoms with Crippen LogP contribution in [-0.2, 0) is 10.0 Å². The second kappa shape index (κ2) is 4.26. The zero-order valence-corrected chi connectivity index (χ0v) is 10.3. The van der Waals surface area contributed by atoms with Crippen LogP contribution in [0.1, 0.15) is 5.01 Å². The van der Waals surface area contributed by atoms with Crippen molar-refractivity contribution < 1.29 is 8.42 Å². The van der Waals surface area contributed by atoms with Crippen LogP contribution in [0.5, 0.6) is 0 Å². The van der Waals surface area contributed by atoms with Gasteiger partial charge < -0.3 is 4.98 Å². The highest BCUT2D eigenvalue weighted by molar-refractivity contribution is 7.92. The van der Waals surface area contributed by atoms with Crippen molar-refractivity contribution in [3.63, 3.8) is 0 Å². The minimum atomic E-state index is -3.92. The lowest BCUT2D eigenvalue weighted by Gasteiger charge is -2.02. The van der Waals surface area contributed by atoms with E-state index in [2.05, 4.69) is 19.9 Å². The highest BCUT2D eigenvalue weighted by Gasteiger charge is 2.19. The number of hydrogen-bond acceptors (Lipinski definition) is 6. The molecule has 17 heavy (non-hydrogen) atoms. The van der Waals surface area contributed by atoms with Gasteiger partial charge in [0.05, 0.1) is 0 Å². The van der Waals surface area contributed by atoms with Crippen molar-refractivity contribution in [3.05, 3.63) is 33.7 Å². The van der Waals surface area contributed by atoms with E-state index in [9.17, 15) is 13.2 Å². The Labute approximate surface area is 101 Å². The lowest BCUT2D eigenvalue weighted by atomic mass is 10.5. The number of aryl methyl sites for hydroxylation is 1. The molecule has 0 saturated carbocycles. The minimum Gasteiger partial charge on any atom is -0.366 e. The normalized spacial score (nSPS) is 11.4. The predicted octanol–water partition coefficient (Wildman–Crippen LogP) is 0.336. The summed E-state index contributed by atoms with van der Waals surface area (Å²) < 4.78 is 25.9. The Balaban J connectivity index is 2.38. The topological polar surface area (TPSA) is 105 Å². The summed E-state index contributed by atoms with van der Waals surface area (Å²) in [6, 6.07) is 1.14. The smallest absolute Gasteiger partial charge is 0.269 e. The number of rotatable bonds is 3. The van der Waals surface area contributed by atoms with E-state index in [0.29, 0.717) is 5.01 Å². The molecule has 0 saturated heterocycles. The molecule has 0 aliphatic carbocycles. The van der Waals surface area contributed by atoms with E-state index >= 15 is 0 Å². The van der Waals surface area contributed by atoms with Crippen molar-refractivity contribution in [2.24, 2.45) is 0 Å². The van der Waals surface area contributed by atoms with E-state index in [-0.39, 0.29) is 10.0 Å². The average molecular weight is 272 g/mol. The molecule has 0 spiro atoms. The molecule has 0 radical (unpaired) electrons. The third kappa shape index (κ3) is 2.50. The fourth-order valence-electron chi connectivity index (χ4n) is 1.12. The van der Waals surface area contributed by atoms with Gasteiger partial charge in [-0.2, -0.15) is 0 Å². The van der Waals surface area contributed by atoms with Crippen molar-refractivity contribution >= 4 is 26.5 Å². The molecule has 0 atom stereocenters. The first kappa shape index (κ1) is 11.7. The average Bonchev–Trinajstić information content (AvgIpc) is 2.63. The van der Waals surface area contributed by atoms with Gasteiger partial charge in [0.15, 0.2) is 4.90 Å². The first-order chi connectivity index (χ1) is 7.99. The number of pyridine rings is 1. The van der Waals surface area contributed by atoms with Crippen LogP contribution in [0.15, 0.2) is 28.2 Å². The summed E-state index contributed by atoms with van der Waals surface area (Å²) in [5.41, 5.74) is -0.586. The van der Waals surface area contributed by atoms with Crippen LogP contribution >= 0.6 is 11.3 Å². The zero-order valence-electron chi connectivity index (χ0n) is 8.67. The largest absolute Gasteiger partial charge is 0.366 e. The quantitative estimate of drug-likeness (QED) is 0.838. The van der Waals surface area contributed by atoms with Gasteiger partial charge in [-0.15, -0.1) is 10.2 Å². The van der Waals surface area contributed by atoms with E-state index in [1.165, 1.54) is 6.20 Å². The molecule has 2 aromatic rings. The van der Waals surface area contributed by atoms with Crippen LogP contribution in [0.25, 0.3) is 0 Å². The second-order valence-electron chi connectivity index (χ2n) is 3.10. The molecule has 0 bridgehead atoms. The highest BCUT2D eigenvalue weighted by Crippen LogP contribution is 2.17. The number of H-pyrrole nitrogens is 1. The van der Waals surface area contributed by atoms with Gasteiger partial charge in [0, 0.05) is 18.5 Å².